The van der Waals surface area contributed by atoms with Crippen LogP contribution in [-0.4, -0.2) is 68.0 Å². The molecule has 0 unspecified atom stereocenters. The van der Waals surface area contributed by atoms with Crippen LogP contribution < -0.4 is 10.1 Å². The van der Waals surface area contributed by atoms with Gasteiger partial charge in [0.15, 0.2) is 15.8 Å². The van der Waals surface area contributed by atoms with Crippen molar-refractivity contribution in [3.05, 3.63) is 23.9 Å². The number of alkyl halides is 3. The van der Waals surface area contributed by atoms with Gasteiger partial charge in [0.2, 0.25) is 5.88 Å². The summed E-state index contributed by atoms with van der Waals surface area (Å²) in [6.07, 6.45) is -3.72. The zero-order chi connectivity index (χ0) is 20.3. The van der Waals surface area contributed by atoms with Gasteiger partial charge in [0.05, 0.1) is 22.6 Å². The summed E-state index contributed by atoms with van der Waals surface area (Å²) in [4.78, 5) is 9.64. The van der Waals surface area contributed by atoms with Gasteiger partial charge in [0, 0.05) is 32.4 Å². The molecule has 12 heteroatoms. The van der Waals surface area contributed by atoms with Crippen molar-refractivity contribution < 1.29 is 26.3 Å². The number of ether oxygens (including phenoxy) is 1. The third-order valence-corrected chi connectivity index (χ3v) is 6.79. The van der Waals surface area contributed by atoms with Crippen LogP contribution in [0.5, 0.6) is 5.88 Å². The Bertz CT molecular complexity index is 783. The molecule has 7 nitrogen and oxygen atoms in total. The molecule has 1 N–H and O–H groups in total. The van der Waals surface area contributed by atoms with Crippen LogP contribution in [0.3, 0.4) is 0 Å². The number of nitrogens with one attached hydrogen (secondary N) is 1. The average molecular weight is 536 g/mol. The molecule has 28 heavy (non-hydrogen) atoms. The summed E-state index contributed by atoms with van der Waals surface area (Å²) < 4.78 is 66.1. The molecule has 1 saturated heterocycles. The van der Waals surface area contributed by atoms with E-state index in [0.717, 1.165) is 18.3 Å². The first-order valence-corrected chi connectivity index (χ1v) is 9.95. The molecular weight excluding hydrogens is 512 g/mol. The van der Waals surface area contributed by atoms with E-state index in [1.54, 1.807) is 20.9 Å². The minimum atomic E-state index is -4.44. The van der Waals surface area contributed by atoms with Crippen LogP contribution in [0.2, 0.25) is 0 Å². The Balaban J connectivity index is 0.00000392. The Kier molecular flexibility index (Phi) is 8.35. The molecule has 1 aromatic heterocycles. The Morgan fingerprint density at radius 1 is 1.39 bits per heavy atom. The van der Waals surface area contributed by atoms with Crippen molar-refractivity contribution in [2.45, 2.75) is 24.8 Å². The molecule has 1 fully saturated rings. The first-order chi connectivity index (χ1) is 12.5. The zero-order valence-corrected chi connectivity index (χ0v) is 18.9. The van der Waals surface area contributed by atoms with Crippen LogP contribution in [0.15, 0.2) is 23.3 Å². The van der Waals surface area contributed by atoms with Gasteiger partial charge in [0.25, 0.3) is 0 Å². The lowest BCUT2D eigenvalue weighted by molar-refractivity contribution is -0.137. The second kappa shape index (κ2) is 9.46. The van der Waals surface area contributed by atoms with Gasteiger partial charge in [-0.2, -0.15) is 13.2 Å². The smallest absolute Gasteiger partial charge is 0.417 e. The second-order valence-electron chi connectivity index (χ2n) is 6.71. The molecule has 1 aliphatic rings. The number of hydrogen-bond acceptors (Lipinski definition) is 5. The van der Waals surface area contributed by atoms with Gasteiger partial charge < -0.3 is 15.0 Å². The number of guanidine groups is 1. The monoisotopic (exact) mass is 536 g/mol. The molecular formula is C16H24F3IN4O3S. The van der Waals surface area contributed by atoms with Gasteiger partial charge >= 0.3 is 6.18 Å². The summed E-state index contributed by atoms with van der Waals surface area (Å²) >= 11 is 0. The van der Waals surface area contributed by atoms with E-state index in [1.807, 2.05) is 4.90 Å². The van der Waals surface area contributed by atoms with Gasteiger partial charge in [-0.3, -0.25) is 4.99 Å². The number of rotatable bonds is 4. The topological polar surface area (TPSA) is 83.9 Å². The summed E-state index contributed by atoms with van der Waals surface area (Å²) in [6.45, 7) is 4.51. The van der Waals surface area contributed by atoms with Gasteiger partial charge in [0.1, 0.15) is 6.61 Å². The SMILES string of the molecule is CN=C(NCCOc1ccc(C(F)(F)F)cn1)N1CCS(=O)(=O)C(C)(C)C1.I. The van der Waals surface area contributed by atoms with E-state index in [0.29, 0.717) is 25.6 Å². The maximum Gasteiger partial charge on any atom is 0.417 e. The Labute approximate surface area is 179 Å². The van der Waals surface area contributed by atoms with E-state index in [1.165, 1.54) is 0 Å². The molecule has 0 aromatic carbocycles. The predicted octanol–water partition coefficient (Wildman–Crippen LogP) is 2.18. The highest BCUT2D eigenvalue weighted by Gasteiger charge is 2.40. The lowest BCUT2D eigenvalue weighted by Gasteiger charge is -2.39. The minimum absolute atomic E-state index is 0. The molecule has 1 aliphatic heterocycles. The van der Waals surface area contributed by atoms with Gasteiger partial charge in [-0.15, -0.1) is 24.0 Å². The van der Waals surface area contributed by atoms with Crippen molar-refractivity contribution in [1.82, 2.24) is 15.2 Å². The van der Waals surface area contributed by atoms with Crippen molar-refractivity contribution in [3.8, 4) is 5.88 Å². The quantitative estimate of drug-likeness (QED) is 0.275. The molecule has 2 heterocycles. The molecule has 0 radical (unpaired) electrons. The molecule has 0 atom stereocenters. The first kappa shape index (κ1) is 24.7. The second-order valence-corrected chi connectivity index (χ2v) is 9.45. The molecule has 0 bridgehead atoms. The van der Waals surface area contributed by atoms with Crippen molar-refractivity contribution >= 4 is 39.8 Å². The molecule has 0 spiro atoms. The fraction of sp³-hybridized carbons (Fsp3) is 0.625. The molecule has 0 amide bonds. The van der Waals surface area contributed by atoms with Crippen LogP contribution in [0.1, 0.15) is 19.4 Å². The Morgan fingerprint density at radius 2 is 2.07 bits per heavy atom. The van der Waals surface area contributed by atoms with Crippen LogP contribution in [0.4, 0.5) is 13.2 Å². The molecule has 2 rings (SSSR count). The summed E-state index contributed by atoms with van der Waals surface area (Å²) in [7, 11) is -1.55. The highest BCUT2D eigenvalue weighted by Crippen LogP contribution is 2.29. The number of aliphatic imine (C=N–C) groups is 1. The summed E-state index contributed by atoms with van der Waals surface area (Å²) in [5.41, 5.74) is -0.837. The minimum Gasteiger partial charge on any atom is -0.476 e. The number of sulfone groups is 1. The van der Waals surface area contributed by atoms with Crippen LogP contribution in [0, 0.1) is 0 Å². The van der Waals surface area contributed by atoms with Crippen molar-refractivity contribution in [2.24, 2.45) is 4.99 Å². The maximum absolute atomic E-state index is 12.5. The third-order valence-electron chi connectivity index (χ3n) is 4.25. The van der Waals surface area contributed by atoms with Crippen LogP contribution >= 0.6 is 24.0 Å². The average Bonchev–Trinajstić information content (AvgIpc) is 2.57. The largest absolute Gasteiger partial charge is 0.476 e. The van der Waals surface area contributed by atoms with Crippen molar-refractivity contribution in [3.63, 3.8) is 0 Å². The molecule has 160 valence electrons. The van der Waals surface area contributed by atoms with E-state index in [2.05, 4.69) is 15.3 Å². The lowest BCUT2D eigenvalue weighted by atomic mass is 10.2. The lowest BCUT2D eigenvalue weighted by Crippen LogP contribution is -2.57. The highest BCUT2D eigenvalue weighted by atomic mass is 127. The Hall–Kier alpha value is -1.31. The molecule has 1 aromatic rings. The van der Waals surface area contributed by atoms with Gasteiger partial charge in [-0.1, -0.05) is 0 Å². The van der Waals surface area contributed by atoms with E-state index in [9.17, 15) is 21.6 Å². The Morgan fingerprint density at radius 3 is 2.57 bits per heavy atom. The number of hydrogen-bond donors (Lipinski definition) is 1. The predicted molar refractivity (Wildman–Crippen MR) is 111 cm³/mol. The van der Waals surface area contributed by atoms with Crippen LogP contribution in [0.25, 0.3) is 0 Å². The van der Waals surface area contributed by atoms with Crippen molar-refractivity contribution in [1.29, 1.82) is 0 Å². The van der Waals surface area contributed by atoms with E-state index >= 15 is 0 Å². The van der Waals surface area contributed by atoms with Gasteiger partial charge in [-0.25, -0.2) is 13.4 Å². The third kappa shape index (κ3) is 6.09. The fourth-order valence-electron chi connectivity index (χ4n) is 2.61. The van der Waals surface area contributed by atoms with Crippen LogP contribution in [-0.2, 0) is 16.0 Å². The molecule has 0 aliphatic carbocycles. The van der Waals surface area contributed by atoms with E-state index in [4.69, 9.17) is 4.74 Å². The maximum atomic E-state index is 12.5. The summed E-state index contributed by atoms with van der Waals surface area (Å²) in [6, 6.07) is 2.07. The zero-order valence-electron chi connectivity index (χ0n) is 15.8. The number of nitrogens with zero attached hydrogens (tertiary/aromatic N) is 3. The number of halogens is 4. The highest BCUT2D eigenvalue weighted by molar-refractivity contribution is 14.0. The fourth-order valence-corrected chi connectivity index (χ4v) is 3.97. The first-order valence-electron chi connectivity index (χ1n) is 8.30. The van der Waals surface area contributed by atoms with E-state index in [-0.39, 0.29) is 42.2 Å². The summed E-state index contributed by atoms with van der Waals surface area (Å²) in [5.74, 6) is 0.680. The summed E-state index contributed by atoms with van der Waals surface area (Å²) in [5, 5.41) is 3.06. The van der Waals surface area contributed by atoms with Gasteiger partial charge in [-0.05, 0) is 19.9 Å². The number of pyridine rings is 1. The molecule has 0 saturated carbocycles. The standard InChI is InChI=1S/C16H23F3N4O3S.HI/c1-15(2)11-23(7-9-27(15,24)25)14(20-3)21-6-8-26-13-5-4-12(10-22-13)16(17,18)19;/h4-5,10H,6-9,11H2,1-3H3,(H,20,21);1H. The normalized spacial score (nSPS) is 18.9. The van der Waals surface area contributed by atoms with Crippen molar-refractivity contribution in [2.75, 3.05) is 39.0 Å². The number of aromatic nitrogens is 1. The van der Waals surface area contributed by atoms with E-state index < -0.39 is 26.3 Å².